The van der Waals surface area contributed by atoms with Crippen LogP contribution in [0, 0.1) is 5.41 Å². The maximum Gasteiger partial charge on any atom is 0.150 e. The molecule has 0 saturated heterocycles. The van der Waals surface area contributed by atoms with Crippen molar-refractivity contribution in [3.63, 3.8) is 0 Å². The molecule has 0 bridgehead atoms. The predicted molar refractivity (Wildman–Crippen MR) is 59.7 cm³/mol. The Balaban J connectivity index is 3.12. The Morgan fingerprint density at radius 2 is 1.79 bits per heavy atom. The number of rotatable bonds is 2. The third-order valence-electron chi connectivity index (χ3n) is 2.89. The van der Waals surface area contributed by atoms with E-state index in [0.717, 1.165) is 17.4 Å². The molecule has 0 aliphatic heterocycles. The van der Waals surface area contributed by atoms with Gasteiger partial charge >= 0.3 is 0 Å². The number of benzene rings is 1. The van der Waals surface area contributed by atoms with Crippen molar-refractivity contribution in [2.45, 2.75) is 33.6 Å². The van der Waals surface area contributed by atoms with E-state index in [2.05, 4.69) is 27.7 Å². The molecule has 0 aliphatic carbocycles. The van der Waals surface area contributed by atoms with E-state index in [4.69, 9.17) is 0 Å². The number of aldehydes is 1. The van der Waals surface area contributed by atoms with E-state index in [1.54, 1.807) is 0 Å². The van der Waals surface area contributed by atoms with Gasteiger partial charge in [0, 0.05) is 5.56 Å². The largest absolute Gasteiger partial charge is 0.298 e. The summed E-state index contributed by atoms with van der Waals surface area (Å²) in [6, 6.07) is 7.82. The monoisotopic (exact) mass is 190 g/mol. The fourth-order valence-corrected chi connectivity index (χ4v) is 1.48. The Morgan fingerprint density at radius 3 is 2.29 bits per heavy atom. The molecular formula is C13H18O. The van der Waals surface area contributed by atoms with Crippen LogP contribution in [0.1, 0.15) is 49.5 Å². The molecule has 0 spiro atoms. The van der Waals surface area contributed by atoms with Gasteiger partial charge in [0.1, 0.15) is 6.29 Å². The van der Waals surface area contributed by atoms with E-state index in [0.29, 0.717) is 5.92 Å². The molecule has 76 valence electrons. The summed E-state index contributed by atoms with van der Waals surface area (Å²) >= 11 is 0. The van der Waals surface area contributed by atoms with Gasteiger partial charge in [-0.15, -0.1) is 0 Å². The molecule has 1 aromatic carbocycles. The minimum atomic E-state index is 0.194. The van der Waals surface area contributed by atoms with Gasteiger partial charge < -0.3 is 0 Å². The van der Waals surface area contributed by atoms with Crippen LogP contribution in [0.2, 0.25) is 0 Å². The predicted octanol–water partition coefficient (Wildman–Crippen LogP) is 3.65. The fraction of sp³-hybridized carbons (Fsp3) is 0.462. The molecule has 0 N–H and O–H groups in total. The molecule has 0 amide bonds. The minimum absolute atomic E-state index is 0.194. The highest BCUT2D eigenvalue weighted by Gasteiger charge is 2.23. The zero-order valence-electron chi connectivity index (χ0n) is 9.37. The first-order valence-corrected chi connectivity index (χ1v) is 5.01. The van der Waals surface area contributed by atoms with E-state index in [9.17, 15) is 4.79 Å². The maximum absolute atomic E-state index is 10.9. The van der Waals surface area contributed by atoms with Gasteiger partial charge in [-0.25, -0.2) is 0 Å². The van der Waals surface area contributed by atoms with Crippen molar-refractivity contribution in [1.82, 2.24) is 0 Å². The first-order chi connectivity index (χ1) is 6.46. The van der Waals surface area contributed by atoms with Crippen LogP contribution in [-0.2, 0) is 0 Å². The normalized spacial score (nSPS) is 13.7. The average Bonchev–Trinajstić information content (AvgIpc) is 2.15. The highest BCUT2D eigenvalue weighted by Crippen LogP contribution is 2.35. The second-order valence-corrected chi connectivity index (χ2v) is 4.83. The van der Waals surface area contributed by atoms with E-state index >= 15 is 0 Å². The quantitative estimate of drug-likeness (QED) is 0.650. The molecule has 0 radical (unpaired) electrons. The average molecular weight is 190 g/mol. The van der Waals surface area contributed by atoms with Crippen molar-refractivity contribution >= 4 is 6.29 Å². The van der Waals surface area contributed by atoms with E-state index in [-0.39, 0.29) is 5.41 Å². The van der Waals surface area contributed by atoms with Crippen LogP contribution in [0.15, 0.2) is 24.3 Å². The Hall–Kier alpha value is -1.11. The molecule has 0 fully saturated rings. The molecular weight excluding hydrogens is 172 g/mol. The van der Waals surface area contributed by atoms with Crippen molar-refractivity contribution in [3.8, 4) is 0 Å². The number of hydrogen-bond donors (Lipinski definition) is 0. The van der Waals surface area contributed by atoms with Gasteiger partial charge in [-0.2, -0.15) is 0 Å². The van der Waals surface area contributed by atoms with Gasteiger partial charge in [-0.05, 0) is 16.9 Å². The first kappa shape index (κ1) is 11.0. The minimum Gasteiger partial charge on any atom is -0.298 e. The number of carbonyl (C=O) groups is 1. The summed E-state index contributed by atoms with van der Waals surface area (Å²) in [6.45, 7) is 8.75. The summed E-state index contributed by atoms with van der Waals surface area (Å²) in [5.41, 5.74) is 2.16. The fourth-order valence-electron chi connectivity index (χ4n) is 1.48. The summed E-state index contributed by atoms with van der Waals surface area (Å²) in [7, 11) is 0. The zero-order valence-corrected chi connectivity index (χ0v) is 9.37. The molecule has 1 nitrogen and oxygen atoms in total. The van der Waals surface area contributed by atoms with E-state index in [1.165, 1.54) is 0 Å². The molecule has 0 aromatic heterocycles. The van der Waals surface area contributed by atoms with E-state index in [1.807, 2.05) is 24.3 Å². The summed E-state index contributed by atoms with van der Waals surface area (Å²) in [5.74, 6) is 0.392. The SMILES string of the molecule is CC(c1ccccc1C=O)C(C)(C)C. The smallest absolute Gasteiger partial charge is 0.150 e. The van der Waals surface area contributed by atoms with Crippen LogP contribution < -0.4 is 0 Å². The van der Waals surface area contributed by atoms with Gasteiger partial charge in [0.25, 0.3) is 0 Å². The Labute approximate surface area is 86.1 Å². The molecule has 14 heavy (non-hydrogen) atoms. The van der Waals surface area contributed by atoms with Crippen LogP contribution in [0.4, 0.5) is 0 Å². The van der Waals surface area contributed by atoms with Crippen LogP contribution in [0.25, 0.3) is 0 Å². The standard InChI is InChI=1S/C13H18O/c1-10(13(2,3)4)12-8-6-5-7-11(12)9-14/h5-10H,1-4H3. The number of carbonyl (C=O) groups excluding carboxylic acids is 1. The van der Waals surface area contributed by atoms with E-state index < -0.39 is 0 Å². The lowest BCUT2D eigenvalue weighted by atomic mass is 9.76. The van der Waals surface area contributed by atoms with Crippen molar-refractivity contribution in [2.24, 2.45) is 5.41 Å². The molecule has 0 heterocycles. The molecule has 1 atom stereocenters. The van der Waals surface area contributed by atoms with Gasteiger partial charge in [-0.1, -0.05) is 52.0 Å². The maximum atomic E-state index is 10.9. The Kier molecular flexibility index (Phi) is 3.10. The van der Waals surface area contributed by atoms with Crippen LogP contribution >= 0.6 is 0 Å². The summed E-state index contributed by atoms with van der Waals surface area (Å²) in [6.07, 6.45) is 0.942. The highest BCUT2D eigenvalue weighted by molar-refractivity contribution is 5.77. The molecule has 1 unspecified atom stereocenters. The van der Waals surface area contributed by atoms with Crippen molar-refractivity contribution in [1.29, 1.82) is 0 Å². The van der Waals surface area contributed by atoms with Crippen molar-refractivity contribution in [3.05, 3.63) is 35.4 Å². The summed E-state index contributed by atoms with van der Waals surface area (Å²) < 4.78 is 0. The van der Waals surface area contributed by atoms with Gasteiger partial charge in [0.15, 0.2) is 0 Å². The third-order valence-corrected chi connectivity index (χ3v) is 2.89. The molecule has 1 rings (SSSR count). The topological polar surface area (TPSA) is 17.1 Å². The first-order valence-electron chi connectivity index (χ1n) is 5.01. The lowest BCUT2D eigenvalue weighted by Gasteiger charge is -2.28. The lowest BCUT2D eigenvalue weighted by Crippen LogP contribution is -2.16. The molecule has 1 aromatic rings. The van der Waals surface area contributed by atoms with Crippen LogP contribution in [0.3, 0.4) is 0 Å². The van der Waals surface area contributed by atoms with Gasteiger partial charge in [-0.3, -0.25) is 4.79 Å². The highest BCUT2D eigenvalue weighted by atomic mass is 16.1. The van der Waals surface area contributed by atoms with Crippen LogP contribution in [0.5, 0.6) is 0 Å². The molecule has 1 heteroatoms. The Morgan fingerprint density at radius 1 is 1.21 bits per heavy atom. The third kappa shape index (κ3) is 2.22. The second-order valence-electron chi connectivity index (χ2n) is 4.83. The van der Waals surface area contributed by atoms with Crippen molar-refractivity contribution in [2.75, 3.05) is 0 Å². The van der Waals surface area contributed by atoms with Crippen LogP contribution in [-0.4, -0.2) is 6.29 Å². The lowest BCUT2D eigenvalue weighted by molar-refractivity contribution is 0.112. The summed E-state index contributed by atoms with van der Waals surface area (Å²) in [5, 5.41) is 0. The second kappa shape index (κ2) is 3.95. The molecule has 0 aliphatic rings. The summed E-state index contributed by atoms with van der Waals surface area (Å²) in [4.78, 5) is 10.9. The molecule has 0 saturated carbocycles. The number of hydrogen-bond acceptors (Lipinski definition) is 1. The zero-order chi connectivity index (χ0) is 10.8. The Bertz CT molecular complexity index is 320. The van der Waals surface area contributed by atoms with Gasteiger partial charge in [0.05, 0.1) is 0 Å². The van der Waals surface area contributed by atoms with Gasteiger partial charge in [0.2, 0.25) is 0 Å². The van der Waals surface area contributed by atoms with Crippen molar-refractivity contribution < 1.29 is 4.79 Å².